The zero-order chi connectivity index (χ0) is 13.5. The monoisotopic (exact) mass is 322 g/mol. The molecule has 0 amide bonds. The first-order valence-corrected chi connectivity index (χ1v) is 7.22. The summed E-state index contributed by atoms with van der Waals surface area (Å²) in [6.07, 6.45) is 3.98. The number of nitrogens with zero attached hydrogens (tertiary/aromatic N) is 1. The van der Waals surface area contributed by atoms with E-state index in [9.17, 15) is 0 Å². The van der Waals surface area contributed by atoms with E-state index in [0.717, 1.165) is 26.5 Å². The standard InChI is InChI=1S/C17H11BrN2/c18-13-5-6-17-14(8-13)15(10-20-17)12-7-11-3-1-2-4-16(11)19-9-12/h1-10,20H. The molecule has 1 N–H and O–H groups in total. The molecule has 4 aromatic rings. The summed E-state index contributed by atoms with van der Waals surface area (Å²) in [5.41, 5.74) is 4.47. The molecule has 20 heavy (non-hydrogen) atoms. The maximum atomic E-state index is 4.54. The van der Waals surface area contributed by atoms with Crippen molar-refractivity contribution in [3.63, 3.8) is 0 Å². The van der Waals surface area contributed by atoms with Crippen LogP contribution in [0.2, 0.25) is 0 Å². The topological polar surface area (TPSA) is 28.7 Å². The Bertz CT molecular complexity index is 924. The summed E-state index contributed by atoms with van der Waals surface area (Å²) < 4.78 is 1.08. The van der Waals surface area contributed by atoms with Gasteiger partial charge in [-0.25, -0.2) is 0 Å². The van der Waals surface area contributed by atoms with Crippen LogP contribution in [-0.2, 0) is 0 Å². The van der Waals surface area contributed by atoms with E-state index in [0.29, 0.717) is 0 Å². The lowest BCUT2D eigenvalue weighted by atomic mass is 10.0. The van der Waals surface area contributed by atoms with E-state index in [1.54, 1.807) is 0 Å². The molecule has 4 rings (SSSR count). The number of para-hydroxylation sites is 1. The largest absolute Gasteiger partial charge is 0.361 e. The lowest BCUT2D eigenvalue weighted by Gasteiger charge is -2.02. The summed E-state index contributed by atoms with van der Waals surface area (Å²) in [5.74, 6) is 0. The first-order chi connectivity index (χ1) is 9.81. The molecule has 0 aliphatic rings. The van der Waals surface area contributed by atoms with Crippen molar-refractivity contribution in [3.05, 3.63) is 65.4 Å². The highest BCUT2D eigenvalue weighted by atomic mass is 79.9. The van der Waals surface area contributed by atoms with Gasteiger partial charge in [0.2, 0.25) is 0 Å². The number of H-pyrrole nitrogens is 1. The minimum absolute atomic E-state index is 1.03. The smallest absolute Gasteiger partial charge is 0.0702 e. The molecular formula is C17H11BrN2. The van der Waals surface area contributed by atoms with Crippen LogP contribution in [0.5, 0.6) is 0 Å². The summed E-state index contributed by atoms with van der Waals surface area (Å²) in [4.78, 5) is 7.85. The Kier molecular flexibility index (Phi) is 2.60. The second-order valence-electron chi connectivity index (χ2n) is 4.81. The summed E-state index contributed by atoms with van der Waals surface area (Å²) >= 11 is 3.53. The zero-order valence-electron chi connectivity index (χ0n) is 10.6. The SMILES string of the molecule is Brc1ccc2[nH]cc(-c3cnc4ccccc4c3)c2c1. The van der Waals surface area contributed by atoms with Crippen molar-refractivity contribution in [2.45, 2.75) is 0 Å². The minimum atomic E-state index is 1.03. The van der Waals surface area contributed by atoms with Crippen molar-refractivity contribution in [3.8, 4) is 11.1 Å². The second kappa shape index (κ2) is 4.46. The highest BCUT2D eigenvalue weighted by molar-refractivity contribution is 9.10. The molecule has 2 nitrogen and oxygen atoms in total. The van der Waals surface area contributed by atoms with Gasteiger partial charge in [-0.15, -0.1) is 0 Å². The van der Waals surface area contributed by atoms with Crippen molar-refractivity contribution in [2.75, 3.05) is 0 Å². The number of rotatable bonds is 1. The molecule has 0 aliphatic carbocycles. The summed E-state index contributed by atoms with van der Waals surface area (Å²) in [7, 11) is 0. The number of pyridine rings is 1. The highest BCUT2D eigenvalue weighted by Gasteiger charge is 2.07. The second-order valence-corrected chi connectivity index (χ2v) is 5.72. The Morgan fingerprint density at radius 2 is 1.90 bits per heavy atom. The number of aromatic nitrogens is 2. The van der Waals surface area contributed by atoms with E-state index in [1.807, 2.05) is 36.7 Å². The van der Waals surface area contributed by atoms with Gasteiger partial charge in [0.1, 0.15) is 0 Å². The van der Waals surface area contributed by atoms with Gasteiger partial charge in [-0.1, -0.05) is 34.1 Å². The van der Waals surface area contributed by atoms with Gasteiger partial charge >= 0.3 is 0 Å². The van der Waals surface area contributed by atoms with Gasteiger partial charge in [-0.2, -0.15) is 0 Å². The maximum Gasteiger partial charge on any atom is 0.0702 e. The predicted molar refractivity (Wildman–Crippen MR) is 86.7 cm³/mol. The zero-order valence-corrected chi connectivity index (χ0v) is 12.2. The average Bonchev–Trinajstić information content (AvgIpc) is 2.89. The Labute approximate surface area is 124 Å². The molecule has 0 spiro atoms. The van der Waals surface area contributed by atoms with Gasteiger partial charge in [0.25, 0.3) is 0 Å². The van der Waals surface area contributed by atoms with Crippen LogP contribution < -0.4 is 0 Å². The Morgan fingerprint density at radius 3 is 2.85 bits per heavy atom. The Balaban J connectivity index is 1.98. The molecule has 96 valence electrons. The number of hydrogen-bond donors (Lipinski definition) is 1. The van der Waals surface area contributed by atoms with Gasteiger partial charge < -0.3 is 4.98 Å². The van der Waals surface area contributed by atoms with Crippen LogP contribution in [0.15, 0.2) is 65.4 Å². The molecule has 2 heterocycles. The Morgan fingerprint density at radius 1 is 1.00 bits per heavy atom. The fourth-order valence-electron chi connectivity index (χ4n) is 2.55. The molecule has 0 atom stereocenters. The average molecular weight is 323 g/mol. The molecule has 0 saturated heterocycles. The van der Waals surface area contributed by atoms with E-state index >= 15 is 0 Å². The fourth-order valence-corrected chi connectivity index (χ4v) is 2.91. The number of halogens is 1. The molecule has 3 heteroatoms. The van der Waals surface area contributed by atoms with Crippen molar-refractivity contribution in [1.82, 2.24) is 9.97 Å². The lowest BCUT2D eigenvalue weighted by Crippen LogP contribution is -1.81. The van der Waals surface area contributed by atoms with E-state index in [-0.39, 0.29) is 0 Å². The van der Waals surface area contributed by atoms with Crippen LogP contribution in [0.25, 0.3) is 32.9 Å². The molecule has 0 saturated carbocycles. The number of hydrogen-bond acceptors (Lipinski definition) is 1. The summed E-state index contributed by atoms with van der Waals surface area (Å²) in [6, 6.07) is 16.6. The van der Waals surface area contributed by atoms with Crippen molar-refractivity contribution in [2.24, 2.45) is 0 Å². The molecule has 2 aromatic carbocycles. The van der Waals surface area contributed by atoms with Crippen LogP contribution in [0.3, 0.4) is 0 Å². The van der Waals surface area contributed by atoms with Gasteiger partial charge in [0.05, 0.1) is 5.52 Å². The first kappa shape index (κ1) is 11.7. The molecular weight excluding hydrogens is 312 g/mol. The van der Waals surface area contributed by atoms with Crippen molar-refractivity contribution in [1.29, 1.82) is 0 Å². The Hall–Kier alpha value is -2.13. The van der Waals surface area contributed by atoms with E-state index < -0.39 is 0 Å². The molecule has 0 aliphatic heterocycles. The van der Waals surface area contributed by atoms with Crippen LogP contribution in [0, 0.1) is 0 Å². The maximum absolute atomic E-state index is 4.54. The first-order valence-electron chi connectivity index (χ1n) is 6.43. The number of benzene rings is 2. The normalized spacial score (nSPS) is 11.2. The number of nitrogens with one attached hydrogen (secondary N) is 1. The number of aromatic amines is 1. The summed E-state index contributed by atoms with van der Waals surface area (Å²) in [6.45, 7) is 0. The van der Waals surface area contributed by atoms with E-state index in [2.05, 4.69) is 50.2 Å². The fraction of sp³-hybridized carbons (Fsp3) is 0. The van der Waals surface area contributed by atoms with Crippen LogP contribution in [0.1, 0.15) is 0 Å². The van der Waals surface area contributed by atoms with Crippen molar-refractivity contribution >= 4 is 37.7 Å². The van der Waals surface area contributed by atoms with Gasteiger partial charge in [-0.3, -0.25) is 4.98 Å². The third kappa shape index (κ3) is 1.82. The van der Waals surface area contributed by atoms with Gasteiger partial charge in [0, 0.05) is 44.3 Å². The molecule has 0 unspecified atom stereocenters. The minimum Gasteiger partial charge on any atom is -0.361 e. The van der Waals surface area contributed by atoms with E-state index in [1.165, 1.54) is 10.9 Å². The quantitative estimate of drug-likeness (QED) is 0.516. The van der Waals surface area contributed by atoms with E-state index in [4.69, 9.17) is 0 Å². The molecule has 0 radical (unpaired) electrons. The molecule has 0 fully saturated rings. The summed E-state index contributed by atoms with van der Waals surface area (Å²) in [5, 5.41) is 2.37. The van der Waals surface area contributed by atoms with Crippen LogP contribution >= 0.6 is 15.9 Å². The predicted octanol–water partition coefficient (Wildman–Crippen LogP) is 5.15. The third-order valence-corrected chi connectivity index (χ3v) is 4.04. The third-order valence-electron chi connectivity index (χ3n) is 3.55. The van der Waals surface area contributed by atoms with Crippen LogP contribution in [0.4, 0.5) is 0 Å². The molecule has 0 bridgehead atoms. The van der Waals surface area contributed by atoms with Crippen molar-refractivity contribution < 1.29 is 0 Å². The van der Waals surface area contributed by atoms with Crippen LogP contribution in [-0.4, -0.2) is 9.97 Å². The highest BCUT2D eigenvalue weighted by Crippen LogP contribution is 2.31. The van der Waals surface area contributed by atoms with Gasteiger partial charge in [0.15, 0.2) is 0 Å². The number of fused-ring (bicyclic) bond motifs is 2. The molecule has 2 aromatic heterocycles. The van der Waals surface area contributed by atoms with Gasteiger partial charge in [-0.05, 0) is 30.3 Å². The lowest BCUT2D eigenvalue weighted by molar-refractivity contribution is 1.41.